The van der Waals surface area contributed by atoms with Gasteiger partial charge in [-0.2, -0.15) is 0 Å². The van der Waals surface area contributed by atoms with Crippen LogP contribution in [0.15, 0.2) is 52.0 Å². The van der Waals surface area contributed by atoms with Gasteiger partial charge >= 0.3 is 5.97 Å². The molecule has 2 aromatic rings. The maximum atomic E-state index is 12.0. The van der Waals surface area contributed by atoms with Crippen LogP contribution in [0.5, 0.6) is 0 Å². The van der Waals surface area contributed by atoms with Crippen molar-refractivity contribution in [3.8, 4) is 0 Å². The quantitative estimate of drug-likeness (QED) is 0.884. The van der Waals surface area contributed by atoms with E-state index in [0.29, 0.717) is 12.8 Å². The third kappa shape index (κ3) is 3.48. The highest BCUT2D eigenvalue weighted by Crippen LogP contribution is 2.17. The van der Waals surface area contributed by atoms with E-state index in [4.69, 9.17) is 9.52 Å². The normalized spacial score (nSPS) is 11.4. The first-order valence-corrected chi connectivity index (χ1v) is 7.74. The van der Waals surface area contributed by atoms with Gasteiger partial charge in [0.05, 0.1) is 5.75 Å². The molecular weight excluding hydrogens is 280 g/mol. The molecule has 0 atom stereocenters. The molecular formula is C14H14O5S. The summed E-state index contributed by atoms with van der Waals surface area (Å²) in [5.74, 6) is -1.73. The molecule has 20 heavy (non-hydrogen) atoms. The predicted molar refractivity (Wildman–Crippen MR) is 72.5 cm³/mol. The van der Waals surface area contributed by atoms with E-state index in [0.717, 1.165) is 11.6 Å². The minimum Gasteiger partial charge on any atom is -0.475 e. The maximum absolute atomic E-state index is 12.0. The van der Waals surface area contributed by atoms with Gasteiger partial charge in [-0.15, -0.1) is 0 Å². The van der Waals surface area contributed by atoms with E-state index < -0.39 is 15.8 Å². The summed E-state index contributed by atoms with van der Waals surface area (Å²) in [6.45, 7) is 0. The van der Waals surface area contributed by atoms with Crippen molar-refractivity contribution >= 4 is 15.8 Å². The average Bonchev–Trinajstić information content (AvgIpc) is 2.90. The Morgan fingerprint density at radius 2 is 1.80 bits per heavy atom. The number of furan rings is 1. The zero-order valence-electron chi connectivity index (χ0n) is 10.7. The summed E-state index contributed by atoms with van der Waals surface area (Å²) >= 11 is 0. The Morgan fingerprint density at radius 1 is 1.10 bits per heavy atom. The summed E-state index contributed by atoms with van der Waals surface area (Å²) < 4.78 is 28.8. The van der Waals surface area contributed by atoms with Crippen molar-refractivity contribution < 1.29 is 22.7 Å². The molecule has 106 valence electrons. The third-order valence-electron chi connectivity index (χ3n) is 2.82. The highest BCUT2D eigenvalue weighted by atomic mass is 32.2. The SMILES string of the molecule is O=C(O)c1ccc(S(=O)(=O)CCCc2ccccc2)o1. The summed E-state index contributed by atoms with van der Waals surface area (Å²) in [5.41, 5.74) is 1.06. The van der Waals surface area contributed by atoms with Gasteiger partial charge in [0.15, 0.2) is 0 Å². The lowest BCUT2D eigenvalue weighted by Gasteiger charge is -2.02. The van der Waals surface area contributed by atoms with Crippen LogP contribution >= 0.6 is 0 Å². The number of hydrogen-bond donors (Lipinski definition) is 1. The van der Waals surface area contributed by atoms with Crippen molar-refractivity contribution in [2.45, 2.75) is 17.9 Å². The number of hydrogen-bond acceptors (Lipinski definition) is 4. The first kappa shape index (κ1) is 14.3. The molecule has 0 amide bonds. The van der Waals surface area contributed by atoms with Gasteiger partial charge in [-0.1, -0.05) is 30.3 Å². The fourth-order valence-corrected chi connectivity index (χ4v) is 3.03. The molecule has 0 fully saturated rings. The molecule has 2 rings (SSSR count). The number of rotatable bonds is 6. The fraction of sp³-hybridized carbons (Fsp3) is 0.214. The van der Waals surface area contributed by atoms with Gasteiger partial charge in [-0.3, -0.25) is 0 Å². The number of sulfone groups is 1. The molecule has 0 unspecified atom stereocenters. The molecule has 1 aromatic carbocycles. The molecule has 0 saturated carbocycles. The molecule has 0 aliphatic heterocycles. The van der Waals surface area contributed by atoms with Crippen LogP contribution in [0.25, 0.3) is 0 Å². The van der Waals surface area contributed by atoms with Crippen LogP contribution in [0.4, 0.5) is 0 Å². The first-order valence-electron chi connectivity index (χ1n) is 6.09. The van der Waals surface area contributed by atoms with Crippen molar-refractivity contribution in [2.75, 3.05) is 5.75 Å². The van der Waals surface area contributed by atoms with Gasteiger partial charge in [0.2, 0.25) is 20.7 Å². The molecule has 0 spiro atoms. The fourth-order valence-electron chi connectivity index (χ4n) is 1.81. The average molecular weight is 294 g/mol. The second kappa shape index (κ2) is 5.92. The summed E-state index contributed by atoms with van der Waals surface area (Å²) in [5, 5.41) is 8.41. The summed E-state index contributed by atoms with van der Waals surface area (Å²) in [6.07, 6.45) is 1.10. The lowest BCUT2D eigenvalue weighted by Crippen LogP contribution is -2.07. The van der Waals surface area contributed by atoms with E-state index in [9.17, 15) is 13.2 Å². The zero-order valence-corrected chi connectivity index (χ0v) is 11.5. The van der Waals surface area contributed by atoms with Crippen molar-refractivity contribution in [3.05, 3.63) is 53.8 Å². The van der Waals surface area contributed by atoms with Crippen LogP contribution in [0.1, 0.15) is 22.5 Å². The summed E-state index contributed by atoms with van der Waals surface area (Å²) in [4.78, 5) is 10.7. The molecule has 0 saturated heterocycles. The lowest BCUT2D eigenvalue weighted by atomic mass is 10.1. The highest BCUT2D eigenvalue weighted by molar-refractivity contribution is 7.91. The van der Waals surface area contributed by atoms with Crippen LogP contribution in [0.2, 0.25) is 0 Å². The Balaban J connectivity index is 1.98. The molecule has 5 nitrogen and oxygen atoms in total. The molecule has 0 radical (unpaired) electrons. The van der Waals surface area contributed by atoms with Crippen LogP contribution in [0.3, 0.4) is 0 Å². The minimum absolute atomic E-state index is 0.0749. The smallest absolute Gasteiger partial charge is 0.371 e. The number of carboxylic acid groups (broad SMARTS) is 1. The topological polar surface area (TPSA) is 84.6 Å². The molecule has 0 aliphatic rings. The lowest BCUT2D eigenvalue weighted by molar-refractivity contribution is 0.0656. The second-order valence-corrected chi connectivity index (χ2v) is 6.37. The number of benzene rings is 1. The Morgan fingerprint density at radius 3 is 2.40 bits per heavy atom. The van der Waals surface area contributed by atoms with Crippen LogP contribution < -0.4 is 0 Å². The summed E-state index contributed by atoms with van der Waals surface area (Å²) in [6, 6.07) is 11.9. The Labute approximate surface area is 116 Å². The number of aryl methyl sites for hydroxylation is 1. The van der Waals surface area contributed by atoms with E-state index >= 15 is 0 Å². The number of carbonyl (C=O) groups is 1. The van der Waals surface area contributed by atoms with E-state index in [1.807, 2.05) is 30.3 Å². The maximum Gasteiger partial charge on any atom is 0.371 e. The minimum atomic E-state index is -3.57. The Hall–Kier alpha value is -2.08. The Bertz CT molecular complexity index is 685. The number of aromatic carboxylic acids is 1. The van der Waals surface area contributed by atoms with Crippen molar-refractivity contribution in [2.24, 2.45) is 0 Å². The van der Waals surface area contributed by atoms with Crippen LogP contribution in [-0.2, 0) is 16.3 Å². The zero-order chi connectivity index (χ0) is 14.6. The largest absolute Gasteiger partial charge is 0.475 e. The monoisotopic (exact) mass is 294 g/mol. The molecule has 0 aliphatic carbocycles. The van der Waals surface area contributed by atoms with Gasteiger partial charge in [0.25, 0.3) is 0 Å². The first-order chi connectivity index (χ1) is 9.49. The molecule has 1 aromatic heterocycles. The molecule has 0 bridgehead atoms. The van der Waals surface area contributed by atoms with E-state index in [1.54, 1.807) is 0 Å². The molecule has 1 N–H and O–H groups in total. The highest BCUT2D eigenvalue weighted by Gasteiger charge is 2.20. The predicted octanol–water partition coefficient (Wildman–Crippen LogP) is 2.38. The van der Waals surface area contributed by atoms with Crippen LogP contribution in [0, 0.1) is 0 Å². The van der Waals surface area contributed by atoms with Gasteiger partial charge in [-0.25, -0.2) is 13.2 Å². The van der Waals surface area contributed by atoms with Gasteiger partial charge in [0, 0.05) is 0 Å². The molecule has 1 heterocycles. The van der Waals surface area contributed by atoms with Crippen molar-refractivity contribution in [1.29, 1.82) is 0 Å². The summed E-state index contributed by atoms with van der Waals surface area (Å²) in [7, 11) is -3.57. The van der Waals surface area contributed by atoms with E-state index in [2.05, 4.69) is 0 Å². The van der Waals surface area contributed by atoms with E-state index in [-0.39, 0.29) is 16.6 Å². The van der Waals surface area contributed by atoms with Crippen molar-refractivity contribution in [3.63, 3.8) is 0 Å². The standard InChI is InChI=1S/C14H14O5S/c15-14(16)12-8-9-13(19-12)20(17,18)10-4-7-11-5-2-1-3-6-11/h1-3,5-6,8-9H,4,7,10H2,(H,15,16). The van der Waals surface area contributed by atoms with E-state index in [1.165, 1.54) is 6.07 Å². The van der Waals surface area contributed by atoms with Crippen molar-refractivity contribution in [1.82, 2.24) is 0 Å². The van der Waals surface area contributed by atoms with Gasteiger partial charge < -0.3 is 9.52 Å². The Kier molecular flexibility index (Phi) is 4.24. The van der Waals surface area contributed by atoms with Gasteiger partial charge in [0.1, 0.15) is 0 Å². The second-order valence-electron chi connectivity index (χ2n) is 4.33. The number of carboxylic acids is 1. The molecule has 6 heteroatoms. The van der Waals surface area contributed by atoms with Gasteiger partial charge in [-0.05, 0) is 30.5 Å². The van der Waals surface area contributed by atoms with Crippen LogP contribution in [-0.4, -0.2) is 25.2 Å². The third-order valence-corrected chi connectivity index (χ3v) is 4.48.